The van der Waals surface area contributed by atoms with Crippen molar-refractivity contribution in [3.05, 3.63) is 33.8 Å². The number of aliphatic hydroxyl groups is 1. The summed E-state index contributed by atoms with van der Waals surface area (Å²) in [6.45, 7) is 3.53. The second-order valence-electron chi connectivity index (χ2n) is 4.66. The van der Waals surface area contributed by atoms with E-state index in [9.17, 15) is 14.7 Å². The first-order chi connectivity index (χ1) is 8.47. The number of imide groups is 1. The van der Waals surface area contributed by atoms with E-state index in [0.29, 0.717) is 11.1 Å². The Morgan fingerprint density at radius 3 is 2.39 bits per heavy atom. The van der Waals surface area contributed by atoms with E-state index in [2.05, 4.69) is 15.9 Å². The molecule has 1 N–H and O–H groups in total. The number of amides is 2. The van der Waals surface area contributed by atoms with Crippen LogP contribution < -0.4 is 0 Å². The van der Waals surface area contributed by atoms with Crippen molar-refractivity contribution in [3.8, 4) is 0 Å². The van der Waals surface area contributed by atoms with Crippen LogP contribution >= 0.6 is 15.9 Å². The molecule has 1 heterocycles. The number of benzene rings is 1. The highest BCUT2D eigenvalue weighted by Gasteiger charge is 2.40. The van der Waals surface area contributed by atoms with Gasteiger partial charge in [-0.1, -0.05) is 29.8 Å². The highest BCUT2D eigenvalue weighted by atomic mass is 79.9. The minimum absolute atomic E-state index is 0.0145. The second kappa shape index (κ2) is 4.82. The standard InChI is InChI=1S/C13H14BrNO3/c1-7(2)11(6-16)15-12(17)9-4-3-8(14)5-10(9)13(15)18/h3-5,7,11,16H,6H2,1-2H3/t11-/m0/s1. The molecule has 0 aliphatic carbocycles. The fourth-order valence-electron chi connectivity index (χ4n) is 2.12. The van der Waals surface area contributed by atoms with Crippen molar-refractivity contribution < 1.29 is 14.7 Å². The molecule has 1 aliphatic heterocycles. The maximum Gasteiger partial charge on any atom is 0.261 e. The number of rotatable bonds is 3. The van der Waals surface area contributed by atoms with Crippen LogP contribution in [0.5, 0.6) is 0 Å². The van der Waals surface area contributed by atoms with Crippen LogP contribution in [0, 0.1) is 5.92 Å². The summed E-state index contributed by atoms with van der Waals surface area (Å²) < 4.78 is 0.759. The number of halogens is 1. The predicted octanol–water partition coefficient (Wildman–Crippen LogP) is 2.06. The van der Waals surface area contributed by atoms with E-state index in [1.165, 1.54) is 4.90 Å². The Kier molecular flexibility index (Phi) is 3.54. The van der Waals surface area contributed by atoms with Crippen molar-refractivity contribution in [2.45, 2.75) is 19.9 Å². The molecule has 4 nitrogen and oxygen atoms in total. The van der Waals surface area contributed by atoms with Crippen molar-refractivity contribution in [2.24, 2.45) is 5.92 Å². The second-order valence-corrected chi connectivity index (χ2v) is 5.58. The van der Waals surface area contributed by atoms with Gasteiger partial charge >= 0.3 is 0 Å². The molecule has 1 aromatic carbocycles. The molecule has 0 bridgehead atoms. The Morgan fingerprint density at radius 1 is 1.22 bits per heavy atom. The predicted molar refractivity (Wildman–Crippen MR) is 70.4 cm³/mol. The third kappa shape index (κ3) is 1.97. The van der Waals surface area contributed by atoms with Gasteiger partial charge in [-0.25, -0.2) is 0 Å². The number of fused-ring (bicyclic) bond motifs is 1. The van der Waals surface area contributed by atoms with Crippen LogP contribution in [0.25, 0.3) is 0 Å². The first-order valence-electron chi connectivity index (χ1n) is 5.75. The molecule has 0 aromatic heterocycles. The smallest absolute Gasteiger partial charge is 0.261 e. The van der Waals surface area contributed by atoms with E-state index < -0.39 is 6.04 Å². The number of hydrogen-bond acceptors (Lipinski definition) is 3. The summed E-state index contributed by atoms with van der Waals surface area (Å²) in [6.07, 6.45) is 0. The number of hydrogen-bond donors (Lipinski definition) is 1. The average molecular weight is 312 g/mol. The van der Waals surface area contributed by atoms with E-state index >= 15 is 0 Å². The van der Waals surface area contributed by atoms with Crippen molar-refractivity contribution in [1.82, 2.24) is 4.90 Å². The maximum atomic E-state index is 12.2. The zero-order valence-corrected chi connectivity index (χ0v) is 11.8. The zero-order chi connectivity index (χ0) is 13.4. The number of carbonyl (C=O) groups excluding carboxylic acids is 2. The maximum absolute atomic E-state index is 12.2. The molecule has 0 saturated heterocycles. The molecule has 5 heteroatoms. The topological polar surface area (TPSA) is 57.6 Å². The van der Waals surface area contributed by atoms with Crippen LogP contribution in [-0.2, 0) is 0 Å². The fourth-order valence-corrected chi connectivity index (χ4v) is 2.48. The van der Waals surface area contributed by atoms with Crippen molar-refractivity contribution in [1.29, 1.82) is 0 Å². The summed E-state index contributed by atoms with van der Waals surface area (Å²) in [7, 11) is 0. The van der Waals surface area contributed by atoms with Crippen LogP contribution in [0.15, 0.2) is 22.7 Å². The zero-order valence-electron chi connectivity index (χ0n) is 10.2. The first-order valence-corrected chi connectivity index (χ1v) is 6.55. The molecule has 1 atom stereocenters. The lowest BCUT2D eigenvalue weighted by Gasteiger charge is -2.27. The Morgan fingerprint density at radius 2 is 1.83 bits per heavy atom. The number of nitrogens with zero attached hydrogens (tertiary/aromatic N) is 1. The SMILES string of the molecule is CC(C)[C@H](CO)N1C(=O)c2ccc(Br)cc2C1=O. The molecule has 18 heavy (non-hydrogen) atoms. The summed E-state index contributed by atoms with van der Waals surface area (Å²) in [6, 6.07) is 4.53. The van der Waals surface area contributed by atoms with Gasteiger partial charge in [0.1, 0.15) is 0 Å². The van der Waals surface area contributed by atoms with Gasteiger partial charge in [0.15, 0.2) is 0 Å². The molecule has 2 amide bonds. The molecular weight excluding hydrogens is 298 g/mol. The van der Waals surface area contributed by atoms with E-state index in [4.69, 9.17) is 0 Å². The quantitative estimate of drug-likeness (QED) is 0.869. The van der Waals surface area contributed by atoms with Gasteiger partial charge in [0, 0.05) is 4.47 Å². The van der Waals surface area contributed by atoms with Gasteiger partial charge in [-0.2, -0.15) is 0 Å². The molecule has 1 aliphatic rings. The third-order valence-corrected chi connectivity index (χ3v) is 3.66. The molecule has 0 saturated carbocycles. The molecular formula is C13H14BrNO3. The van der Waals surface area contributed by atoms with Crippen LogP contribution in [0.4, 0.5) is 0 Å². The van der Waals surface area contributed by atoms with Crippen molar-refractivity contribution >= 4 is 27.7 Å². The lowest BCUT2D eigenvalue weighted by atomic mass is 10.0. The van der Waals surface area contributed by atoms with E-state index in [1.54, 1.807) is 18.2 Å². The molecule has 1 aromatic rings. The van der Waals surface area contributed by atoms with Gasteiger partial charge in [-0.15, -0.1) is 0 Å². The fraction of sp³-hybridized carbons (Fsp3) is 0.385. The number of carbonyl (C=O) groups is 2. The third-order valence-electron chi connectivity index (χ3n) is 3.17. The number of aliphatic hydroxyl groups excluding tert-OH is 1. The Hall–Kier alpha value is -1.20. The van der Waals surface area contributed by atoms with Crippen molar-refractivity contribution in [2.75, 3.05) is 6.61 Å². The van der Waals surface area contributed by atoms with Crippen LogP contribution in [0.3, 0.4) is 0 Å². The van der Waals surface area contributed by atoms with E-state index in [0.717, 1.165) is 4.47 Å². The van der Waals surface area contributed by atoms with Crippen molar-refractivity contribution in [3.63, 3.8) is 0 Å². The minimum atomic E-state index is -0.476. The lowest BCUT2D eigenvalue weighted by molar-refractivity contribution is 0.0452. The molecule has 0 fully saturated rings. The van der Waals surface area contributed by atoms with Crippen LogP contribution in [0.1, 0.15) is 34.6 Å². The lowest BCUT2D eigenvalue weighted by Crippen LogP contribution is -2.45. The van der Waals surface area contributed by atoms with Crippen LogP contribution in [0.2, 0.25) is 0 Å². The largest absolute Gasteiger partial charge is 0.394 e. The average Bonchev–Trinajstić information content (AvgIpc) is 2.55. The normalized spacial score (nSPS) is 16.4. The molecule has 0 unspecified atom stereocenters. The molecule has 0 spiro atoms. The Bertz CT molecular complexity index is 513. The van der Waals surface area contributed by atoms with Gasteiger partial charge in [0.25, 0.3) is 11.8 Å². The van der Waals surface area contributed by atoms with Crippen LogP contribution in [-0.4, -0.2) is 34.5 Å². The van der Waals surface area contributed by atoms with Gasteiger partial charge < -0.3 is 5.11 Å². The highest BCUT2D eigenvalue weighted by molar-refractivity contribution is 9.10. The summed E-state index contributed by atoms with van der Waals surface area (Å²) in [5, 5.41) is 9.37. The first kappa shape index (κ1) is 13.2. The Labute approximate surface area is 114 Å². The highest BCUT2D eigenvalue weighted by Crippen LogP contribution is 2.29. The summed E-state index contributed by atoms with van der Waals surface area (Å²) in [5.74, 6) is -0.639. The van der Waals surface area contributed by atoms with Gasteiger partial charge in [0.05, 0.1) is 23.8 Å². The van der Waals surface area contributed by atoms with E-state index in [1.807, 2.05) is 13.8 Å². The summed E-state index contributed by atoms with van der Waals surface area (Å²) in [5.41, 5.74) is 0.802. The summed E-state index contributed by atoms with van der Waals surface area (Å²) in [4.78, 5) is 25.6. The Balaban J connectivity index is 2.45. The molecule has 96 valence electrons. The van der Waals surface area contributed by atoms with Gasteiger partial charge in [0.2, 0.25) is 0 Å². The monoisotopic (exact) mass is 311 g/mol. The minimum Gasteiger partial charge on any atom is -0.394 e. The van der Waals surface area contributed by atoms with E-state index in [-0.39, 0.29) is 24.3 Å². The summed E-state index contributed by atoms with van der Waals surface area (Å²) >= 11 is 3.28. The molecule has 2 rings (SSSR count). The van der Waals surface area contributed by atoms with Gasteiger partial charge in [-0.05, 0) is 24.1 Å². The molecule has 0 radical (unpaired) electrons. The van der Waals surface area contributed by atoms with Gasteiger partial charge in [-0.3, -0.25) is 14.5 Å².